The number of urea groups is 1. The van der Waals surface area contributed by atoms with E-state index < -0.39 is 23.3 Å². The van der Waals surface area contributed by atoms with Crippen molar-refractivity contribution < 1.29 is 32.5 Å². The maximum absolute atomic E-state index is 13.7. The molecule has 0 bridgehead atoms. The quantitative estimate of drug-likeness (QED) is 0.677. The molecule has 30 heavy (non-hydrogen) atoms. The molecule has 0 unspecified atom stereocenters. The Hall–Kier alpha value is -3.14. The molecule has 0 aliphatic carbocycles. The number of amides is 2. The van der Waals surface area contributed by atoms with Gasteiger partial charge in [0.2, 0.25) is 0 Å². The minimum Gasteiger partial charge on any atom is -0.507 e. The van der Waals surface area contributed by atoms with E-state index in [1.54, 1.807) is 6.92 Å². The van der Waals surface area contributed by atoms with Crippen molar-refractivity contribution in [3.05, 3.63) is 35.9 Å². The van der Waals surface area contributed by atoms with Crippen LogP contribution in [-0.4, -0.2) is 44.0 Å². The van der Waals surface area contributed by atoms with Crippen LogP contribution in [0.15, 0.2) is 30.3 Å². The molecule has 2 amide bonds. The standard InChI is InChI=1S/C20H22F3N3O4/c1-2-30-17-10-12(16(27)11-15(17)26-6-8-29-9-7-26)18-13(20(21,22)23)4-3-5-14(18)25-19(24)28/h3-5,10-11,27H,2,6-9H2,1H3,(H3,24,25,28). The predicted molar refractivity (Wildman–Crippen MR) is 106 cm³/mol. The number of phenols is 1. The lowest BCUT2D eigenvalue weighted by atomic mass is 9.95. The number of rotatable bonds is 5. The molecule has 2 aromatic rings. The molecule has 3 rings (SSSR count). The first-order valence-electron chi connectivity index (χ1n) is 9.32. The lowest BCUT2D eigenvalue weighted by Gasteiger charge is -2.31. The molecular formula is C20H22F3N3O4. The Morgan fingerprint density at radius 2 is 2.00 bits per heavy atom. The number of primary amides is 1. The second kappa shape index (κ2) is 8.70. The predicted octanol–water partition coefficient (Wildman–Crippen LogP) is 3.80. The minimum absolute atomic E-state index is 0.132. The van der Waals surface area contributed by atoms with Gasteiger partial charge >= 0.3 is 12.2 Å². The van der Waals surface area contributed by atoms with E-state index in [0.29, 0.717) is 37.7 Å². The highest BCUT2D eigenvalue weighted by Crippen LogP contribution is 2.47. The third-order valence-corrected chi connectivity index (χ3v) is 4.63. The van der Waals surface area contributed by atoms with Crippen LogP contribution in [0.3, 0.4) is 0 Å². The Kier molecular flexibility index (Phi) is 6.25. The van der Waals surface area contributed by atoms with Crippen LogP contribution >= 0.6 is 0 Å². The smallest absolute Gasteiger partial charge is 0.417 e. The fourth-order valence-electron chi connectivity index (χ4n) is 3.40. The zero-order valence-electron chi connectivity index (χ0n) is 16.3. The van der Waals surface area contributed by atoms with E-state index in [1.807, 2.05) is 4.90 Å². The van der Waals surface area contributed by atoms with Gasteiger partial charge < -0.3 is 30.5 Å². The molecule has 4 N–H and O–H groups in total. The third kappa shape index (κ3) is 4.54. The van der Waals surface area contributed by atoms with Crippen molar-refractivity contribution in [2.24, 2.45) is 5.73 Å². The molecule has 162 valence electrons. The van der Waals surface area contributed by atoms with Crippen molar-refractivity contribution >= 4 is 17.4 Å². The van der Waals surface area contributed by atoms with Crippen LogP contribution in [0.5, 0.6) is 11.5 Å². The highest BCUT2D eigenvalue weighted by Gasteiger charge is 2.36. The number of carbonyl (C=O) groups is 1. The summed E-state index contributed by atoms with van der Waals surface area (Å²) in [5.74, 6) is -0.0710. The van der Waals surface area contributed by atoms with E-state index in [4.69, 9.17) is 15.2 Å². The van der Waals surface area contributed by atoms with Crippen LogP contribution in [0, 0.1) is 0 Å². The minimum atomic E-state index is -4.73. The molecule has 2 aromatic carbocycles. The number of benzene rings is 2. The van der Waals surface area contributed by atoms with Gasteiger partial charge in [-0.1, -0.05) is 6.07 Å². The van der Waals surface area contributed by atoms with E-state index in [-0.39, 0.29) is 23.6 Å². The SMILES string of the molecule is CCOc1cc(-c2c(NC(N)=O)cccc2C(F)(F)F)c(O)cc1N1CCOCC1. The number of aromatic hydroxyl groups is 1. The van der Waals surface area contributed by atoms with Gasteiger partial charge in [0.25, 0.3) is 0 Å². The molecule has 0 spiro atoms. The van der Waals surface area contributed by atoms with E-state index in [0.717, 1.165) is 12.1 Å². The van der Waals surface area contributed by atoms with Gasteiger partial charge in [-0.05, 0) is 25.1 Å². The Labute approximate surface area is 171 Å². The Balaban J connectivity index is 2.22. The summed E-state index contributed by atoms with van der Waals surface area (Å²) in [7, 11) is 0. The third-order valence-electron chi connectivity index (χ3n) is 4.63. The number of nitrogens with zero attached hydrogens (tertiary/aromatic N) is 1. The number of ether oxygens (including phenoxy) is 2. The van der Waals surface area contributed by atoms with Crippen LogP contribution in [0.1, 0.15) is 12.5 Å². The summed E-state index contributed by atoms with van der Waals surface area (Å²) < 4.78 is 52.2. The largest absolute Gasteiger partial charge is 0.507 e. The molecule has 0 radical (unpaired) electrons. The number of hydrogen-bond acceptors (Lipinski definition) is 5. The molecule has 1 heterocycles. The van der Waals surface area contributed by atoms with Crippen molar-refractivity contribution in [1.29, 1.82) is 0 Å². The molecular weight excluding hydrogens is 403 g/mol. The van der Waals surface area contributed by atoms with Gasteiger partial charge in [0, 0.05) is 30.3 Å². The van der Waals surface area contributed by atoms with Crippen LogP contribution in [0.4, 0.5) is 29.3 Å². The fourth-order valence-corrected chi connectivity index (χ4v) is 3.40. The second-order valence-corrected chi connectivity index (χ2v) is 6.58. The zero-order valence-corrected chi connectivity index (χ0v) is 16.3. The van der Waals surface area contributed by atoms with Crippen LogP contribution in [-0.2, 0) is 10.9 Å². The summed E-state index contributed by atoms with van der Waals surface area (Å²) in [6, 6.07) is 5.00. The van der Waals surface area contributed by atoms with Gasteiger partial charge in [-0.25, -0.2) is 4.79 Å². The average molecular weight is 425 g/mol. The molecule has 1 fully saturated rings. The Morgan fingerprint density at radius 1 is 1.30 bits per heavy atom. The van der Waals surface area contributed by atoms with Gasteiger partial charge in [-0.15, -0.1) is 0 Å². The van der Waals surface area contributed by atoms with Crippen LogP contribution in [0.25, 0.3) is 11.1 Å². The number of carbonyl (C=O) groups excluding carboxylic acids is 1. The lowest BCUT2D eigenvalue weighted by molar-refractivity contribution is -0.137. The summed E-state index contributed by atoms with van der Waals surface area (Å²) >= 11 is 0. The maximum atomic E-state index is 13.7. The molecule has 0 saturated carbocycles. The van der Waals surface area contributed by atoms with Crippen molar-refractivity contribution in [1.82, 2.24) is 0 Å². The van der Waals surface area contributed by atoms with Crippen molar-refractivity contribution in [3.63, 3.8) is 0 Å². The first-order valence-corrected chi connectivity index (χ1v) is 9.32. The highest BCUT2D eigenvalue weighted by atomic mass is 19.4. The maximum Gasteiger partial charge on any atom is 0.417 e. The molecule has 10 heteroatoms. The van der Waals surface area contributed by atoms with Gasteiger partial charge in [0.15, 0.2) is 0 Å². The van der Waals surface area contributed by atoms with Gasteiger partial charge in [-0.2, -0.15) is 13.2 Å². The van der Waals surface area contributed by atoms with Crippen molar-refractivity contribution in [2.45, 2.75) is 13.1 Å². The van der Waals surface area contributed by atoms with Crippen LogP contribution < -0.4 is 20.7 Å². The number of phenolic OH excluding ortho intramolecular Hbond substituents is 1. The second-order valence-electron chi connectivity index (χ2n) is 6.58. The van der Waals surface area contributed by atoms with E-state index in [2.05, 4.69) is 5.32 Å². The number of anilines is 2. The first kappa shape index (κ1) is 21.6. The number of nitrogens with two attached hydrogens (primary N) is 1. The molecule has 7 nitrogen and oxygen atoms in total. The summed E-state index contributed by atoms with van der Waals surface area (Å²) in [4.78, 5) is 13.3. The number of halogens is 3. The molecule has 0 atom stereocenters. The van der Waals surface area contributed by atoms with E-state index in [9.17, 15) is 23.1 Å². The summed E-state index contributed by atoms with van der Waals surface area (Å²) in [6.07, 6.45) is -4.73. The Bertz CT molecular complexity index is 928. The molecule has 0 aromatic heterocycles. The number of alkyl halides is 3. The van der Waals surface area contributed by atoms with Gasteiger partial charge in [-0.3, -0.25) is 0 Å². The monoisotopic (exact) mass is 425 g/mol. The van der Waals surface area contributed by atoms with Gasteiger partial charge in [0.1, 0.15) is 11.5 Å². The Morgan fingerprint density at radius 3 is 2.60 bits per heavy atom. The highest BCUT2D eigenvalue weighted by molar-refractivity contribution is 5.96. The number of hydrogen-bond donors (Lipinski definition) is 3. The normalized spacial score (nSPS) is 14.5. The topological polar surface area (TPSA) is 97.0 Å². The van der Waals surface area contributed by atoms with Crippen molar-refractivity contribution in [2.75, 3.05) is 43.1 Å². The van der Waals surface area contributed by atoms with Gasteiger partial charge in [0.05, 0.1) is 36.8 Å². The summed E-state index contributed by atoms with van der Waals surface area (Å²) in [5.41, 5.74) is 3.96. The zero-order chi connectivity index (χ0) is 21.9. The number of morpholine rings is 1. The summed E-state index contributed by atoms with van der Waals surface area (Å²) in [5, 5.41) is 12.9. The van der Waals surface area contributed by atoms with Crippen molar-refractivity contribution in [3.8, 4) is 22.6 Å². The fraction of sp³-hybridized carbons (Fsp3) is 0.350. The molecule has 1 saturated heterocycles. The first-order chi connectivity index (χ1) is 14.2. The lowest BCUT2D eigenvalue weighted by Crippen LogP contribution is -2.36. The van der Waals surface area contributed by atoms with E-state index in [1.165, 1.54) is 18.2 Å². The van der Waals surface area contributed by atoms with E-state index >= 15 is 0 Å². The van der Waals surface area contributed by atoms with Crippen LogP contribution in [0.2, 0.25) is 0 Å². The average Bonchev–Trinajstić information content (AvgIpc) is 2.69. The molecule has 1 aliphatic heterocycles. The summed E-state index contributed by atoms with van der Waals surface area (Å²) in [6.45, 7) is 4.09. The molecule has 1 aliphatic rings. The number of nitrogens with one attached hydrogen (secondary N) is 1.